The van der Waals surface area contributed by atoms with E-state index in [0.29, 0.717) is 5.92 Å². The molecule has 0 spiro atoms. The van der Waals surface area contributed by atoms with Gasteiger partial charge in [0, 0.05) is 12.3 Å². The summed E-state index contributed by atoms with van der Waals surface area (Å²) < 4.78 is 2.12. The first-order chi connectivity index (χ1) is 10.9. The van der Waals surface area contributed by atoms with Crippen LogP contribution in [0.15, 0.2) is 29.4 Å². The summed E-state index contributed by atoms with van der Waals surface area (Å²) in [6, 6.07) is 9.80. The Balaban J connectivity index is 2.24. The summed E-state index contributed by atoms with van der Waals surface area (Å²) in [4.78, 5) is 16.7. The van der Waals surface area contributed by atoms with Gasteiger partial charge in [-0.1, -0.05) is 37.7 Å². The number of Topliss-reactive ketones (excluding diaryl/α,β-unsaturated/α-hetero) is 1. The van der Waals surface area contributed by atoms with Gasteiger partial charge in [0.2, 0.25) is 0 Å². The Kier molecular flexibility index (Phi) is 5.56. The molecule has 0 bridgehead atoms. The van der Waals surface area contributed by atoms with Crippen LogP contribution in [0.5, 0.6) is 0 Å². The largest absolute Gasteiger partial charge is 0.319 e. The summed E-state index contributed by atoms with van der Waals surface area (Å²) in [5, 5.41) is 17.3. The standard InChI is InChI=1S/C17H20N4OS/c1-11(2)9-21-15-7-5-4-6-14(15)20-17(21)23-10-16(22)13(8-18)12(3)19/h4-7,11,13,19H,9-10H2,1-3H3/t13-/m0/s1. The second kappa shape index (κ2) is 7.42. The van der Waals surface area contributed by atoms with Gasteiger partial charge in [0.1, 0.15) is 5.92 Å². The first-order valence-corrected chi connectivity index (χ1v) is 8.48. The lowest BCUT2D eigenvalue weighted by Gasteiger charge is -2.11. The van der Waals surface area contributed by atoms with E-state index in [1.165, 1.54) is 18.7 Å². The molecule has 0 unspecified atom stereocenters. The van der Waals surface area contributed by atoms with Gasteiger partial charge in [-0.25, -0.2) is 4.98 Å². The number of carbonyl (C=O) groups excluding carboxylic acids is 1. The summed E-state index contributed by atoms with van der Waals surface area (Å²) in [6.07, 6.45) is 0. The zero-order valence-corrected chi connectivity index (χ0v) is 14.4. The lowest BCUT2D eigenvalue weighted by molar-refractivity contribution is -0.117. The number of fused-ring (bicyclic) bond motifs is 1. The number of para-hydroxylation sites is 2. The normalized spacial score (nSPS) is 12.3. The van der Waals surface area contributed by atoms with E-state index >= 15 is 0 Å². The molecule has 2 aromatic rings. The highest BCUT2D eigenvalue weighted by molar-refractivity contribution is 7.99. The number of ketones is 1. The fraction of sp³-hybridized carbons (Fsp3) is 0.412. The summed E-state index contributed by atoms with van der Waals surface area (Å²) in [6.45, 7) is 6.59. The molecule has 1 N–H and O–H groups in total. The highest BCUT2D eigenvalue weighted by Crippen LogP contribution is 2.25. The molecule has 0 saturated carbocycles. The SMILES string of the molecule is CC(=N)[C@H](C#N)C(=O)CSc1nc2ccccc2n1CC(C)C. The van der Waals surface area contributed by atoms with E-state index in [4.69, 9.17) is 10.7 Å². The third-order valence-corrected chi connectivity index (χ3v) is 4.39. The van der Waals surface area contributed by atoms with Crippen molar-refractivity contribution >= 4 is 34.3 Å². The maximum Gasteiger partial charge on any atom is 0.169 e. The molecule has 0 radical (unpaired) electrons. The average molecular weight is 328 g/mol. The number of hydrogen-bond acceptors (Lipinski definition) is 5. The Hall–Kier alpha value is -2.13. The number of nitrogens with one attached hydrogen (secondary N) is 1. The molecule has 0 aliphatic heterocycles. The van der Waals surface area contributed by atoms with Crippen molar-refractivity contribution in [2.24, 2.45) is 11.8 Å². The number of nitriles is 1. The van der Waals surface area contributed by atoms with E-state index in [0.717, 1.165) is 22.7 Å². The van der Waals surface area contributed by atoms with Crippen molar-refractivity contribution in [3.63, 3.8) is 0 Å². The van der Waals surface area contributed by atoms with Gasteiger partial charge in [0.25, 0.3) is 0 Å². The minimum atomic E-state index is -0.953. The van der Waals surface area contributed by atoms with Crippen LogP contribution < -0.4 is 0 Å². The minimum absolute atomic E-state index is 0.0915. The number of nitrogens with zero attached hydrogens (tertiary/aromatic N) is 3. The Bertz CT molecular complexity index is 772. The van der Waals surface area contributed by atoms with Crippen LogP contribution in [-0.4, -0.2) is 26.8 Å². The molecule has 120 valence electrons. The zero-order valence-electron chi connectivity index (χ0n) is 13.5. The molecule has 0 saturated heterocycles. The number of carbonyl (C=O) groups is 1. The topological polar surface area (TPSA) is 82.5 Å². The number of rotatable bonds is 7. The lowest BCUT2D eigenvalue weighted by Crippen LogP contribution is -2.21. The third kappa shape index (κ3) is 3.99. The number of benzene rings is 1. The quantitative estimate of drug-likeness (QED) is 0.622. The Morgan fingerprint density at radius 2 is 2.13 bits per heavy atom. The smallest absolute Gasteiger partial charge is 0.169 e. The van der Waals surface area contributed by atoms with Crippen molar-refractivity contribution in [1.82, 2.24) is 9.55 Å². The van der Waals surface area contributed by atoms with Gasteiger partial charge in [0.05, 0.1) is 22.9 Å². The Morgan fingerprint density at radius 3 is 2.74 bits per heavy atom. The van der Waals surface area contributed by atoms with Crippen LogP contribution in [0, 0.1) is 28.6 Å². The zero-order chi connectivity index (χ0) is 17.0. The molecule has 1 aromatic carbocycles. The van der Waals surface area contributed by atoms with E-state index in [9.17, 15) is 4.79 Å². The van der Waals surface area contributed by atoms with Crippen molar-refractivity contribution in [3.05, 3.63) is 24.3 Å². The summed E-state index contributed by atoms with van der Waals surface area (Å²) >= 11 is 1.34. The lowest BCUT2D eigenvalue weighted by atomic mass is 10.0. The number of aromatic nitrogens is 2. The van der Waals surface area contributed by atoms with E-state index in [1.807, 2.05) is 30.3 Å². The Morgan fingerprint density at radius 1 is 1.43 bits per heavy atom. The van der Waals surface area contributed by atoms with Crippen LogP contribution in [0.1, 0.15) is 20.8 Å². The molecule has 23 heavy (non-hydrogen) atoms. The van der Waals surface area contributed by atoms with Crippen molar-refractivity contribution in [2.45, 2.75) is 32.5 Å². The summed E-state index contributed by atoms with van der Waals surface area (Å²) in [7, 11) is 0. The third-order valence-electron chi connectivity index (χ3n) is 3.39. The predicted molar refractivity (Wildman–Crippen MR) is 92.8 cm³/mol. The fourth-order valence-electron chi connectivity index (χ4n) is 2.33. The fourth-order valence-corrected chi connectivity index (χ4v) is 3.26. The molecule has 2 rings (SSSR count). The molecule has 1 atom stereocenters. The van der Waals surface area contributed by atoms with Crippen LogP contribution in [-0.2, 0) is 11.3 Å². The second-order valence-corrected chi connectivity index (χ2v) is 6.83. The van der Waals surface area contributed by atoms with Crippen LogP contribution in [0.2, 0.25) is 0 Å². The van der Waals surface area contributed by atoms with Crippen molar-refractivity contribution in [3.8, 4) is 6.07 Å². The van der Waals surface area contributed by atoms with Gasteiger partial charge < -0.3 is 9.98 Å². The number of imidazole rings is 1. The van der Waals surface area contributed by atoms with Crippen molar-refractivity contribution in [2.75, 3.05) is 5.75 Å². The second-order valence-electron chi connectivity index (χ2n) is 5.89. The van der Waals surface area contributed by atoms with Gasteiger partial charge in [-0.15, -0.1) is 0 Å². The molecule has 1 heterocycles. The number of thioether (sulfide) groups is 1. The van der Waals surface area contributed by atoms with Crippen LogP contribution >= 0.6 is 11.8 Å². The van der Waals surface area contributed by atoms with Crippen LogP contribution in [0.4, 0.5) is 0 Å². The maximum absolute atomic E-state index is 12.1. The molecule has 0 aliphatic carbocycles. The van der Waals surface area contributed by atoms with Gasteiger partial charge in [-0.3, -0.25) is 4.79 Å². The van der Waals surface area contributed by atoms with Gasteiger partial charge in [-0.05, 0) is 25.0 Å². The average Bonchev–Trinajstić information content (AvgIpc) is 2.83. The molecular weight excluding hydrogens is 308 g/mol. The van der Waals surface area contributed by atoms with E-state index < -0.39 is 5.92 Å². The minimum Gasteiger partial charge on any atom is -0.319 e. The molecule has 1 aromatic heterocycles. The molecule has 0 aliphatic rings. The Labute approximate surface area is 140 Å². The van der Waals surface area contributed by atoms with Gasteiger partial charge in [0.15, 0.2) is 10.9 Å². The summed E-state index contributed by atoms with van der Waals surface area (Å²) in [5.41, 5.74) is 2.05. The maximum atomic E-state index is 12.1. The van der Waals surface area contributed by atoms with E-state index in [-0.39, 0.29) is 17.2 Å². The monoisotopic (exact) mass is 328 g/mol. The predicted octanol–water partition coefficient (Wildman–Crippen LogP) is 3.53. The van der Waals surface area contributed by atoms with Crippen molar-refractivity contribution < 1.29 is 4.79 Å². The molecular formula is C17H20N4OS. The van der Waals surface area contributed by atoms with Crippen LogP contribution in [0.3, 0.4) is 0 Å². The summed E-state index contributed by atoms with van der Waals surface area (Å²) in [5.74, 6) is -0.590. The molecule has 5 nitrogen and oxygen atoms in total. The van der Waals surface area contributed by atoms with Gasteiger partial charge in [-0.2, -0.15) is 5.26 Å². The van der Waals surface area contributed by atoms with E-state index in [1.54, 1.807) is 0 Å². The molecule has 6 heteroatoms. The van der Waals surface area contributed by atoms with E-state index in [2.05, 4.69) is 23.4 Å². The molecule has 0 fully saturated rings. The van der Waals surface area contributed by atoms with Gasteiger partial charge >= 0.3 is 0 Å². The number of hydrogen-bond donors (Lipinski definition) is 1. The highest BCUT2D eigenvalue weighted by atomic mass is 32.2. The van der Waals surface area contributed by atoms with Crippen molar-refractivity contribution in [1.29, 1.82) is 10.7 Å². The highest BCUT2D eigenvalue weighted by Gasteiger charge is 2.21. The first kappa shape index (κ1) is 17.2. The van der Waals surface area contributed by atoms with Crippen LogP contribution in [0.25, 0.3) is 11.0 Å². The first-order valence-electron chi connectivity index (χ1n) is 7.49. The molecule has 0 amide bonds.